The van der Waals surface area contributed by atoms with Crippen molar-refractivity contribution < 1.29 is 9.53 Å². The minimum Gasteiger partial charge on any atom is -0.383 e. The molecule has 0 saturated heterocycles. The summed E-state index contributed by atoms with van der Waals surface area (Å²) in [5.74, 6) is -0.264. The molecule has 7 nitrogen and oxygen atoms in total. The molecule has 27 heavy (non-hydrogen) atoms. The van der Waals surface area contributed by atoms with E-state index >= 15 is 0 Å². The molecule has 2 aromatic heterocycles. The topological polar surface area (TPSA) is 69.4 Å². The van der Waals surface area contributed by atoms with E-state index in [-0.39, 0.29) is 17.0 Å². The predicted octanol–water partition coefficient (Wildman–Crippen LogP) is 2.12. The van der Waals surface area contributed by atoms with Gasteiger partial charge in [0.15, 0.2) is 0 Å². The van der Waals surface area contributed by atoms with Crippen molar-refractivity contribution in [2.45, 2.75) is 47.7 Å². The second-order valence-corrected chi connectivity index (χ2v) is 6.89. The van der Waals surface area contributed by atoms with Gasteiger partial charge in [0, 0.05) is 50.7 Å². The van der Waals surface area contributed by atoms with Crippen molar-refractivity contribution in [1.82, 2.24) is 19.2 Å². The minimum absolute atomic E-state index is 0.234. The zero-order chi connectivity index (χ0) is 20.3. The highest BCUT2D eigenvalue weighted by Gasteiger charge is 2.24. The number of carbonyl (C=O) groups excluding carboxylic acids is 1. The molecule has 0 N–H and O–H groups in total. The Morgan fingerprint density at radius 2 is 1.93 bits per heavy atom. The Kier molecular flexibility index (Phi) is 6.59. The summed E-state index contributed by atoms with van der Waals surface area (Å²) in [6.45, 7) is 11.3. The molecule has 0 aliphatic heterocycles. The number of amides is 1. The lowest BCUT2D eigenvalue weighted by atomic mass is 10.1. The summed E-state index contributed by atoms with van der Waals surface area (Å²) >= 11 is 0. The lowest BCUT2D eigenvalue weighted by Gasteiger charge is -2.24. The normalized spacial score (nSPS) is 11.1. The van der Waals surface area contributed by atoms with E-state index in [2.05, 4.69) is 5.10 Å². The number of hydrogen-bond acceptors (Lipinski definition) is 4. The van der Waals surface area contributed by atoms with Crippen LogP contribution < -0.4 is 5.56 Å². The van der Waals surface area contributed by atoms with Crippen molar-refractivity contribution in [3.05, 3.63) is 50.2 Å². The SMILES string of the molecule is CCn1c(C)cc(C)c(C(=O)N(CCOC)Cc2c(C)nn(C)c2C)c1=O. The van der Waals surface area contributed by atoms with Gasteiger partial charge in [-0.2, -0.15) is 5.10 Å². The van der Waals surface area contributed by atoms with Crippen LogP contribution in [0.25, 0.3) is 0 Å². The number of carbonyl (C=O) groups is 1. The molecule has 2 aromatic rings. The van der Waals surface area contributed by atoms with Crippen molar-refractivity contribution in [2.24, 2.45) is 7.05 Å². The first-order chi connectivity index (χ1) is 12.7. The summed E-state index contributed by atoms with van der Waals surface area (Å²) in [7, 11) is 3.49. The van der Waals surface area contributed by atoms with E-state index < -0.39 is 0 Å². The van der Waals surface area contributed by atoms with E-state index in [4.69, 9.17) is 4.74 Å². The maximum absolute atomic E-state index is 13.3. The van der Waals surface area contributed by atoms with Gasteiger partial charge in [0.25, 0.3) is 11.5 Å². The van der Waals surface area contributed by atoms with E-state index in [0.717, 1.165) is 22.6 Å². The smallest absolute Gasteiger partial charge is 0.263 e. The molecule has 1 amide bonds. The van der Waals surface area contributed by atoms with Gasteiger partial charge >= 0.3 is 0 Å². The van der Waals surface area contributed by atoms with Crippen molar-refractivity contribution >= 4 is 5.91 Å². The molecule has 148 valence electrons. The second kappa shape index (κ2) is 8.52. The van der Waals surface area contributed by atoms with Crippen LogP contribution in [0.3, 0.4) is 0 Å². The maximum Gasteiger partial charge on any atom is 0.263 e. The fraction of sp³-hybridized carbons (Fsp3) is 0.550. The Morgan fingerprint density at radius 3 is 2.44 bits per heavy atom. The summed E-state index contributed by atoms with van der Waals surface area (Å²) in [5.41, 5.74) is 4.46. The van der Waals surface area contributed by atoms with E-state index in [0.29, 0.717) is 31.8 Å². The monoisotopic (exact) mass is 374 g/mol. The number of ether oxygens (including phenoxy) is 1. The highest BCUT2D eigenvalue weighted by atomic mass is 16.5. The number of pyridine rings is 1. The third-order valence-electron chi connectivity index (χ3n) is 5.09. The van der Waals surface area contributed by atoms with Gasteiger partial charge in [-0.25, -0.2) is 0 Å². The van der Waals surface area contributed by atoms with E-state index in [1.54, 1.807) is 16.6 Å². The maximum atomic E-state index is 13.3. The molecule has 2 heterocycles. The van der Waals surface area contributed by atoms with E-state index in [1.807, 2.05) is 52.4 Å². The summed E-state index contributed by atoms with van der Waals surface area (Å²) < 4.78 is 8.63. The first-order valence-electron chi connectivity index (χ1n) is 9.21. The van der Waals surface area contributed by atoms with Gasteiger partial charge in [0.05, 0.1) is 12.3 Å². The largest absolute Gasteiger partial charge is 0.383 e. The van der Waals surface area contributed by atoms with Crippen LogP contribution in [0.15, 0.2) is 10.9 Å². The van der Waals surface area contributed by atoms with E-state index in [1.165, 1.54) is 0 Å². The zero-order valence-electron chi connectivity index (χ0n) is 17.4. The molecule has 0 bridgehead atoms. The molecule has 0 unspecified atom stereocenters. The number of aromatic nitrogens is 3. The van der Waals surface area contributed by atoms with Crippen LogP contribution in [0, 0.1) is 27.7 Å². The molecule has 0 saturated carbocycles. The van der Waals surface area contributed by atoms with Gasteiger partial charge in [-0.05, 0) is 46.2 Å². The summed E-state index contributed by atoms with van der Waals surface area (Å²) in [6, 6.07) is 1.90. The first kappa shape index (κ1) is 20.9. The Bertz CT molecular complexity index is 896. The van der Waals surface area contributed by atoms with Crippen molar-refractivity contribution in [2.75, 3.05) is 20.3 Å². The Balaban J connectivity index is 2.48. The number of hydrogen-bond donors (Lipinski definition) is 0. The lowest BCUT2D eigenvalue weighted by Crippen LogP contribution is -2.39. The van der Waals surface area contributed by atoms with Gasteiger partial charge in [-0.1, -0.05) is 0 Å². The number of aryl methyl sites for hydroxylation is 4. The predicted molar refractivity (Wildman–Crippen MR) is 105 cm³/mol. The van der Waals surface area contributed by atoms with Crippen LogP contribution in [-0.4, -0.2) is 45.4 Å². The van der Waals surface area contributed by atoms with Gasteiger partial charge < -0.3 is 14.2 Å². The molecule has 0 radical (unpaired) electrons. The Hall–Kier alpha value is -2.41. The van der Waals surface area contributed by atoms with Gasteiger partial charge in [0.1, 0.15) is 5.56 Å². The summed E-state index contributed by atoms with van der Waals surface area (Å²) in [6.07, 6.45) is 0. The van der Waals surface area contributed by atoms with Crippen LogP contribution in [-0.2, 0) is 24.9 Å². The van der Waals surface area contributed by atoms with Gasteiger partial charge in [-0.15, -0.1) is 0 Å². The van der Waals surface area contributed by atoms with Crippen molar-refractivity contribution in [3.63, 3.8) is 0 Å². The van der Waals surface area contributed by atoms with Crippen LogP contribution in [0.1, 0.15) is 45.5 Å². The van der Waals surface area contributed by atoms with Crippen LogP contribution in [0.5, 0.6) is 0 Å². The minimum atomic E-state index is -0.264. The third-order valence-corrected chi connectivity index (χ3v) is 5.09. The van der Waals surface area contributed by atoms with Gasteiger partial charge in [-0.3, -0.25) is 14.3 Å². The quantitative estimate of drug-likeness (QED) is 0.744. The number of nitrogens with zero attached hydrogens (tertiary/aromatic N) is 4. The average Bonchev–Trinajstić information content (AvgIpc) is 2.84. The molecule has 0 spiro atoms. The molecular formula is C20H30N4O3. The fourth-order valence-electron chi connectivity index (χ4n) is 3.43. The molecule has 7 heteroatoms. The van der Waals surface area contributed by atoms with Gasteiger partial charge in [0.2, 0.25) is 0 Å². The first-order valence-corrected chi connectivity index (χ1v) is 9.21. The molecule has 0 aromatic carbocycles. The molecular weight excluding hydrogens is 344 g/mol. The summed E-state index contributed by atoms with van der Waals surface area (Å²) in [4.78, 5) is 27.9. The van der Waals surface area contributed by atoms with Crippen LogP contribution in [0.2, 0.25) is 0 Å². The fourth-order valence-corrected chi connectivity index (χ4v) is 3.43. The molecule has 0 aliphatic carbocycles. The number of rotatable bonds is 7. The zero-order valence-corrected chi connectivity index (χ0v) is 17.4. The third kappa shape index (κ3) is 4.13. The molecule has 0 aliphatic rings. The lowest BCUT2D eigenvalue weighted by molar-refractivity contribution is 0.0676. The Labute approximate surface area is 160 Å². The highest BCUT2D eigenvalue weighted by Crippen LogP contribution is 2.17. The molecule has 0 atom stereocenters. The highest BCUT2D eigenvalue weighted by molar-refractivity contribution is 5.95. The molecule has 2 rings (SSSR count). The molecule has 0 fully saturated rings. The summed E-state index contributed by atoms with van der Waals surface area (Å²) in [5, 5.41) is 4.43. The second-order valence-electron chi connectivity index (χ2n) is 6.89. The standard InChI is InChI=1S/C20H30N4O3/c1-8-24-14(3)11-13(2)18(20(24)26)19(25)23(9-10-27-7)12-17-15(4)21-22(6)16(17)5/h11H,8-10,12H2,1-7H3. The van der Waals surface area contributed by atoms with Crippen molar-refractivity contribution in [3.8, 4) is 0 Å². The number of methoxy groups -OCH3 is 1. The van der Waals surface area contributed by atoms with Crippen molar-refractivity contribution in [1.29, 1.82) is 0 Å². The van der Waals surface area contributed by atoms with Crippen LogP contribution in [0.4, 0.5) is 0 Å². The van der Waals surface area contributed by atoms with Crippen LogP contribution >= 0.6 is 0 Å². The Morgan fingerprint density at radius 1 is 1.26 bits per heavy atom. The average molecular weight is 374 g/mol. The van der Waals surface area contributed by atoms with E-state index in [9.17, 15) is 9.59 Å².